The average molecular weight is 311 g/mol. The van der Waals surface area contributed by atoms with E-state index in [-0.39, 0.29) is 30.3 Å². The first kappa shape index (κ1) is 17.5. The SMILES string of the molecule is CC[C@@H](C)C(=O)NCC(=O)N[C@@H](C)Cc1cccc(Cl)c1. The molecule has 0 unspecified atom stereocenters. The molecule has 0 saturated heterocycles. The van der Waals surface area contributed by atoms with Gasteiger partial charge in [0, 0.05) is 17.0 Å². The first-order valence-corrected chi connectivity index (χ1v) is 7.61. The van der Waals surface area contributed by atoms with Crippen molar-refractivity contribution in [3.63, 3.8) is 0 Å². The molecule has 5 heteroatoms. The van der Waals surface area contributed by atoms with E-state index in [2.05, 4.69) is 10.6 Å². The van der Waals surface area contributed by atoms with E-state index in [4.69, 9.17) is 11.6 Å². The molecule has 0 aliphatic heterocycles. The van der Waals surface area contributed by atoms with Gasteiger partial charge < -0.3 is 10.6 Å². The van der Waals surface area contributed by atoms with Gasteiger partial charge in [0.25, 0.3) is 0 Å². The molecule has 0 aromatic heterocycles. The van der Waals surface area contributed by atoms with Crippen LogP contribution in [0.3, 0.4) is 0 Å². The van der Waals surface area contributed by atoms with Crippen LogP contribution in [0.1, 0.15) is 32.8 Å². The fourth-order valence-corrected chi connectivity index (χ4v) is 2.13. The van der Waals surface area contributed by atoms with Crippen molar-refractivity contribution < 1.29 is 9.59 Å². The number of amides is 2. The van der Waals surface area contributed by atoms with Crippen molar-refractivity contribution in [2.75, 3.05) is 6.54 Å². The third kappa shape index (κ3) is 6.63. The molecule has 0 spiro atoms. The molecule has 0 fully saturated rings. The number of halogens is 1. The highest BCUT2D eigenvalue weighted by Gasteiger charge is 2.13. The summed E-state index contributed by atoms with van der Waals surface area (Å²) >= 11 is 5.93. The summed E-state index contributed by atoms with van der Waals surface area (Å²) in [6.45, 7) is 5.73. The Balaban J connectivity index is 2.35. The maximum atomic E-state index is 11.8. The molecule has 116 valence electrons. The van der Waals surface area contributed by atoms with Gasteiger partial charge in [-0.25, -0.2) is 0 Å². The van der Waals surface area contributed by atoms with Gasteiger partial charge in [0.1, 0.15) is 0 Å². The maximum absolute atomic E-state index is 11.8. The molecular formula is C16H23ClN2O2. The van der Waals surface area contributed by atoms with E-state index in [0.29, 0.717) is 11.4 Å². The van der Waals surface area contributed by atoms with Crippen molar-refractivity contribution in [3.05, 3.63) is 34.9 Å². The normalized spacial score (nSPS) is 13.3. The fourth-order valence-electron chi connectivity index (χ4n) is 1.92. The van der Waals surface area contributed by atoms with Crippen LogP contribution in [0, 0.1) is 5.92 Å². The second-order valence-electron chi connectivity index (χ2n) is 5.33. The summed E-state index contributed by atoms with van der Waals surface area (Å²) in [7, 11) is 0. The lowest BCUT2D eigenvalue weighted by molar-refractivity contribution is -0.128. The zero-order chi connectivity index (χ0) is 15.8. The molecule has 4 nitrogen and oxygen atoms in total. The zero-order valence-electron chi connectivity index (χ0n) is 12.8. The highest BCUT2D eigenvalue weighted by Crippen LogP contribution is 2.12. The predicted molar refractivity (Wildman–Crippen MR) is 85.2 cm³/mol. The lowest BCUT2D eigenvalue weighted by Crippen LogP contribution is -2.42. The van der Waals surface area contributed by atoms with Crippen molar-refractivity contribution in [1.82, 2.24) is 10.6 Å². The Hall–Kier alpha value is -1.55. The Bertz CT molecular complexity index is 491. The zero-order valence-corrected chi connectivity index (χ0v) is 13.5. The highest BCUT2D eigenvalue weighted by molar-refractivity contribution is 6.30. The molecule has 2 amide bonds. The lowest BCUT2D eigenvalue weighted by atomic mass is 10.1. The molecule has 0 radical (unpaired) electrons. The van der Waals surface area contributed by atoms with Crippen LogP contribution in [0.25, 0.3) is 0 Å². The molecule has 2 N–H and O–H groups in total. The molecule has 0 heterocycles. The monoisotopic (exact) mass is 310 g/mol. The standard InChI is InChI=1S/C16H23ClN2O2/c1-4-11(2)16(21)18-10-15(20)19-12(3)8-13-6-5-7-14(17)9-13/h5-7,9,11-12H,4,8,10H2,1-3H3,(H,18,21)(H,19,20)/t11-,12+/m1/s1. The summed E-state index contributed by atoms with van der Waals surface area (Å²) in [5.74, 6) is -0.335. The van der Waals surface area contributed by atoms with Gasteiger partial charge in [-0.3, -0.25) is 9.59 Å². The minimum absolute atomic E-state index is 0.0169. The Morgan fingerprint density at radius 2 is 2.00 bits per heavy atom. The van der Waals surface area contributed by atoms with Gasteiger partial charge in [0.15, 0.2) is 0 Å². The van der Waals surface area contributed by atoms with Gasteiger partial charge in [0.2, 0.25) is 11.8 Å². The molecule has 0 aliphatic carbocycles. The molecule has 2 atom stereocenters. The van der Waals surface area contributed by atoms with Crippen LogP contribution in [0.15, 0.2) is 24.3 Å². The van der Waals surface area contributed by atoms with Crippen molar-refractivity contribution in [2.45, 2.75) is 39.7 Å². The molecule has 1 rings (SSSR count). The summed E-state index contributed by atoms with van der Waals surface area (Å²) < 4.78 is 0. The quantitative estimate of drug-likeness (QED) is 0.813. The van der Waals surface area contributed by atoms with Gasteiger partial charge in [0.05, 0.1) is 6.54 Å². The second kappa shape index (κ2) is 8.67. The molecule has 0 bridgehead atoms. The number of carbonyl (C=O) groups is 2. The topological polar surface area (TPSA) is 58.2 Å². The minimum atomic E-state index is -0.179. The summed E-state index contributed by atoms with van der Waals surface area (Å²) in [5, 5.41) is 6.19. The number of benzene rings is 1. The van der Waals surface area contributed by atoms with Crippen LogP contribution in [0.4, 0.5) is 0 Å². The van der Waals surface area contributed by atoms with Crippen LogP contribution in [-0.2, 0) is 16.0 Å². The van der Waals surface area contributed by atoms with E-state index >= 15 is 0 Å². The summed E-state index contributed by atoms with van der Waals surface area (Å²) in [4.78, 5) is 23.4. The first-order chi connectivity index (χ1) is 9.92. The van der Waals surface area contributed by atoms with Gasteiger partial charge in [-0.2, -0.15) is 0 Å². The smallest absolute Gasteiger partial charge is 0.239 e. The summed E-state index contributed by atoms with van der Waals surface area (Å²) in [5.41, 5.74) is 1.07. The first-order valence-electron chi connectivity index (χ1n) is 7.23. The summed E-state index contributed by atoms with van der Waals surface area (Å²) in [6, 6.07) is 7.54. The van der Waals surface area contributed by atoms with Gasteiger partial charge in [-0.1, -0.05) is 37.6 Å². The van der Waals surface area contributed by atoms with Crippen LogP contribution in [-0.4, -0.2) is 24.4 Å². The van der Waals surface area contributed by atoms with Gasteiger partial charge in [-0.15, -0.1) is 0 Å². The lowest BCUT2D eigenvalue weighted by Gasteiger charge is -2.15. The number of rotatable bonds is 7. The molecule has 1 aromatic carbocycles. The number of nitrogens with one attached hydrogen (secondary N) is 2. The van der Waals surface area contributed by atoms with Crippen LogP contribution >= 0.6 is 11.6 Å². The Morgan fingerprint density at radius 3 is 2.62 bits per heavy atom. The van der Waals surface area contributed by atoms with Crippen LogP contribution < -0.4 is 10.6 Å². The number of hydrogen-bond acceptors (Lipinski definition) is 2. The van der Waals surface area contributed by atoms with E-state index in [1.807, 2.05) is 45.0 Å². The molecule has 0 saturated carbocycles. The second-order valence-corrected chi connectivity index (χ2v) is 5.77. The Labute approximate surface area is 131 Å². The van der Waals surface area contributed by atoms with Crippen LogP contribution in [0.2, 0.25) is 5.02 Å². The molecule has 0 aliphatic rings. The van der Waals surface area contributed by atoms with E-state index in [1.165, 1.54) is 0 Å². The molecular weight excluding hydrogens is 288 g/mol. The number of hydrogen-bond donors (Lipinski definition) is 2. The largest absolute Gasteiger partial charge is 0.352 e. The third-order valence-electron chi connectivity index (χ3n) is 3.32. The predicted octanol–water partition coefficient (Wildman–Crippen LogP) is 2.55. The van der Waals surface area contributed by atoms with Gasteiger partial charge in [-0.05, 0) is 37.5 Å². The van der Waals surface area contributed by atoms with Crippen molar-refractivity contribution in [3.8, 4) is 0 Å². The van der Waals surface area contributed by atoms with E-state index < -0.39 is 0 Å². The average Bonchev–Trinajstić information content (AvgIpc) is 2.43. The Morgan fingerprint density at radius 1 is 1.29 bits per heavy atom. The third-order valence-corrected chi connectivity index (χ3v) is 3.56. The van der Waals surface area contributed by atoms with E-state index in [0.717, 1.165) is 12.0 Å². The maximum Gasteiger partial charge on any atom is 0.239 e. The van der Waals surface area contributed by atoms with Gasteiger partial charge >= 0.3 is 0 Å². The van der Waals surface area contributed by atoms with E-state index in [1.54, 1.807) is 0 Å². The molecule has 1 aromatic rings. The fraction of sp³-hybridized carbons (Fsp3) is 0.500. The summed E-state index contributed by atoms with van der Waals surface area (Å²) in [6.07, 6.45) is 1.46. The van der Waals surface area contributed by atoms with Crippen LogP contribution in [0.5, 0.6) is 0 Å². The number of carbonyl (C=O) groups excluding carboxylic acids is 2. The van der Waals surface area contributed by atoms with Crippen molar-refractivity contribution in [2.24, 2.45) is 5.92 Å². The van der Waals surface area contributed by atoms with E-state index in [9.17, 15) is 9.59 Å². The molecule has 21 heavy (non-hydrogen) atoms. The minimum Gasteiger partial charge on any atom is -0.352 e. The highest BCUT2D eigenvalue weighted by atomic mass is 35.5. The Kier molecular flexibility index (Phi) is 7.23. The van der Waals surface area contributed by atoms with Crippen molar-refractivity contribution >= 4 is 23.4 Å². The van der Waals surface area contributed by atoms with Crippen molar-refractivity contribution in [1.29, 1.82) is 0 Å².